The van der Waals surface area contributed by atoms with Crippen LogP contribution in [-0.2, 0) is 11.3 Å². The monoisotopic (exact) mass is 447 g/mol. The Morgan fingerprint density at radius 2 is 1.88 bits per heavy atom. The van der Waals surface area contributed by atoms with Gasteiger partial charge in [-0.1, -0.05) is 6.07 Å². The van der Waals surface area contributed by atoms with Gasteiger partial charge in [-0.25, -0.2) is 9.37 Å². The first kappa shape index (κ1) is 21.1. The molecule has 0 aliphatic carbocycles. The molecule has 8 nitrogen and oxygen atoms in total. The molecule has 0 spiro atoms. The van der Waals surface area contributed by atoms with Crippen molar-refractivity contribution in [2.75, 3.05) is 36.4 Å². The van der Waals surface area contributed by atoms with Gasteiger partial charge in [0.15, 0.2) is 0 Å². The van der Waals surface area contributed by atoms with Crippen LogP contribution in [0.15, 0.2) is 67.3 Å². The molecule has 1 N–H and O–H groups in total. The zero-order valence-electron chi connectivity index (χ0n) is 18.4. The minimum atomic E-state index is -0.262. The summed E-state index contributed by atoms with van der Waals surface area (Å²) >= 11 is 0. The summed E-state index contributed by atoms with van der Waals surface area (Å²) in [5.74, 6) is -0.290. The van der Waals surface area contributed by atoms with Crippen molar-refractivity contribution < 1.29 is 9.18 Å². The molecular formula is C24H26FN7O. The van der Waals surface area contributed by atoms with Crippen LogP contribution in [0.25, 0.3) is 5.65 Å². The summed E-state index contributed by atoms with van der Waals surface area (Å²) in [6.07, 6.45) is 7.42. The number of hydrogen-bond acceptors (Lipinski definition) is 5. The number of nitrogens with zero attached hydrogens (tertiary/aromatic N) is 6. The van der Waals surface area contributed by atoms with Gasteiger partial charge < -0.3 is 14.6 Å². The second-order valence-corrected chi connectivity index (χ2v) is 8.29. The Labute approximate surface area is 191 Å². The lowest BCUT2D eigenvalue weighted by molar-refractivity contribution is -0.120. The van der Waals surface area contributed by atoms with E-state index in [0.29, 0.717) is 12.2 Å². The van der Waals surface area contributed by atoms with Crippen LogP contribution in [0.5, 0.6) is 0 Å². The Balaban J connectivity index is 1.14. The third kappa shape index (κ3) is 4.73. The molecule has 1 unspecified atom stereocenters. The average molecular weight is 448 g/mol. The highest BCUT2D eigenvalue weighted by Gasteiger charge is 2.26. The largest absolute Gasteiger partial charge is 0.369 e. The van der Waals surface area contributed by atoms with Gasteiger partial charge in [-0.05, 0) is 43.3 Å². The smallest absolute Gasteiger partial charge is 0.241 e. The van der Waals surface area contributed by atoms with E-state index in [2.05, 4.69) is 25.2 Å². The van der Waals surface area contributed by atoms with Crippen LogP contribution in [0.2, 0.25) is 0 Å². The fraction of sp³-hybridized carbons (Fsp3) is 0.292. The maximum atomic E-state index is 13.2. The molecule has 1 saturated heterocycles. The molecule has 4 aromatic rings. The number of amides is 1. The highest BCUT2D eigenvalue weighted by molar-refractivity contribution is 5.94. The Hall–Kier alpha value is -3.72. The molecule has 1 aliphatic rings. The summed E-state index contributed by atoms with van der Waals surface area (Å²) in [6, 6.07) is 12.2. The number of halogens is 1. The number of pyridine rings is 1. The molecule has 1 atom stereocenters. The molecule has 0 bridgehead atoms. The van der Waals surface area contributed by atoms with E-state index in [4.69, 9.17) is 0 Å². The number of carbonyl (C=O) groups excluding carboxylic acids is 1. The van der Waals surface area contributed by atoms with Gasteiger partial charge in [-0.15, -0.1) is 0 Å². The second-order valence-electron chi connectivity index (χ2n) is 8.29. The van der Waals surface area contributed by atoms with Crippen LogP contribution in [0.4, 0.5) is 15.8 Å². The maximum Gasteiger partial charge on any atom is 0.241 e. The van der Waals surface area contributed by atoms with Gasteiger partial charge in [0.2, 0.25) is 5.91 Å². The minimum Gasteiger partial charge on any atom is -0.369 e. The molecule has 1 aromatic carbocycles. The van der Waals surface area contributed by atoms with Crippen LogP contribution < -0.4 is 10.2 Å². The van der Waals surface area contributed by atoms with E-state index in [-0.39, 0.29) is 17.8 Å². The maximum absolute atomic E-state index is 13.2. The Morgan fingerprint density at radius 3 is 2.64 bits per heavy atom. The summed E-state index contributed by atoms with van der Waals surface area (Å²) in [6.45, 7) is 5.56. The topological polar surface area (TPSA) is 70.7 Å². The minimum absolute atomic E-state index is 0.0579. The Kier molecular flexibility index (Phi) is 5.78. The van der Waals surface area contributed by atoms with Crippen LogP contribution >= 0.6 is 0 Å². The van der Waals surface area contributed by atoms with Crippen molar-refractivity contribution in [2.24, 2.45) is 0 Å². The predicted molar refractivity (Wildman–Crippen MR) is 125 cm³/mol. The van der Waals surface area contributed by atoms with E-state index in [0.717, 1.165) is 43.2 Å². The highest BCUT2D eigenvalue weighted by atomic mass is 19.1. The summed E-state index contributed by atoms with van der Waals surface area (Å²) < 4.78 is 16.9. The molecule has 1 aliphatic heterocycles. The zero-order valence-corrected chi connectivity index (χ0v) is 18.4. The molecule has 5 rings (SSSR count). The van der Waals surface area contributed by atoms with Crippen molar-refractivity contribution in [2.45, 2.75) is 19.5 Å². The van der Waals surface area contributed by atoms with E-state index in [1.165, 1.54) is 12.1 Å². The molecular weight excluding hydrogens is 421 g/mol. The molecule has 1 amide bonds. The molecule has 9 heteroatoms. The number of fused-ring (bicyclic) bond motifs is 1. The average Bonchev–Trinajstić information content (AvgIpc) is 3.45. The third-order valence-electron chi connectivity index (χ3n) is 6.07. The van der Waals surface area contributed by atoms with E-state index >= 15 is 0 Å². The van der Waals surface area contributed by atoms with Gasteiger partial charge in [0, 0.05) is 50.5 Å². The first-order chi connectivity index (χ1) is 16.0. The second kappa shape index (κ2) is 9.03. The van der Waals surface area contributed by atoms with E-state index in [1.807, 2.05) is 48.1 Å². The number of hydrogen-bond donors (Lipinski definition) is 1. The Morgan fingerprint density at radius 1 is 1.09 bits per heavy atom. The summed E-state index contributed by atoms with van der Waals surface area (Å²) in [5, 5.41) is 7.34. The quantitative estimate of drug-likeness (QED) is 0.492. The molecule has 3 aromatic heterocycles. The summed E-state index contributed by atoms with van der Waals surface area (Å²) in [5.41, 5.74) is 3.46. The van der Waals surface area contributed by atoms with Crippen molar-refractivity contribution in [3.63, 3.8) is 0 Å². The van der Waals surface area contributed by atoms with Gasteiger partial charge in [0.1, 0.15) is 11.5 Å². The van der Waals surface area contributed by atoms with Crippen LogP contribution in [-0.4, -0.2) is 62.2 Å². The number of nitrogens with one attached hydrogen (secondary N) is 1. The van der Waals surface area contributed by atoms with Gasteiger partial charge in [0.05, 0.1) is 30.2 Å². The number of anilines is 2. The van der Waals surface area contributed by atoms with Crippen LogP contribution in [0, 0.1) is 5.82 Å². The number of imidazole rings is 1. The molecule has 1 fully saturated rings. The highest BCUT2D eigenvalue weighted by Crippen LogP contribution is 2.18. The first-order valence-electron chi connectivity index (χ1n) is 11.1. The fourth-order valence-electron chi connectivity index (χ4n) is 4.18. The van der Waals surface area contributed by atoms with Gasteiger partial charge >= 0.3 is 0 Å². The van der Waals surface area contributed by atoms with E-state index in [1.54, 1.807) is 23.0 Å². The van der Waals surface area contributed by atoms with Crippen molar-refractivity contribution in [1.29, 1.82) is 0 Å². The molecule has 0 saturated carbocycles. The molecule has 4 heterocycles. The van der Waals surface area contributed by atoms with Gasteiger partial charge in [-0.2, -0.15) is 5.10 Å². The predicted octanol–water partition coefficient (Wildman–Crippen LogP) is 2.87. The van der Waals surface area contributed by atoms with E-state index < -0.39 is 0 Å². The molecule has 170 valence electrons. The number of piperazine rings is 1. The molecule has 33 heavy (non-hydrogen) atoms. The number of aromatic nitrogens is 4. The summed E-state index contributed by atoms with van der Waals surface area (Å²) in [4.78, 5) is 21.8. The Bertz CT molecular complexity index is 1210. The van der Waals surface area contributed by atoms with Gasteiger partial charge in [-0.3, -0.25) is 14.4 Å². The lowest BCUT2D eigenvalue weighted by atomic mass is 10.2. The standard InChI is InChI=1S/C24H26FN7O/c1-18(29-10-12-30(13-11-29)22-7-5-19(25)6-8-22)24(33)28-20-14-26-32(16-20)17-21-15-31-9-3-2-4-23(31)27-21/h2-9,14-16,18H,10-13,17H2,1H3,(H,28,33). The number of rotatable bonds is 6. The van der Waals surface area contributed by atoms with Crippen LogP contribution in [0.3, 0.4) is 0 Å². The van der Waals surface area contributed by atoms with Crippen molar-refractivity contribution >= 4 is 22.9 Å². The lowest BCUT2D eigenvalue weighted by Crippen LogP contribution is -2.52. The van der Waals surface area contributed by atoms with Crippen molar-refractivity contribution in [3.05, 3.63) is 78.8 Å². The van der Waals surface area contributed by atoms with Crippen LogP contribution in [0.1, 0.15) is 12.6 Å². The SMILES string of the molecule is CC(C(=O)Nc1cnn(Cc2cn3ccccc3n2)c1)N1CCN(c2ccc(F)cc2)CC1. The molecule has 0 radical (unpaired) electrons. The van der Waals surface area contributed by atoms with Crippen molar-refractivity contribution in [1.82, 2.24) is 24.1 Å². The fourth-order valence-corrected chi connectivity index (χ4v) is 4.18. The number of carbonyl (C=O) groups is 1. The zero-order chi connectivity index (χ0) is 22.8. The normalized spacial score (nSPS) is 15.6. The summed E-state index contributed by atoms with van der Waals surface area (Å²) in [7, 11) is 0. The third-order valence-corrected chi connectivity index (χ3v) is 6.07. The van der Waals surface area contributed by atoms with E-state index in [9.17, 15) is 9.18 Å². The van der Waals surface area contributed by atoms with Gasteiger partial charge in [0.25, 0.3) is 0 Å². The number of benzene rings is 1. The lowest BCUT2D eigenvalue weighted by Gasteiger charge is -2.38. The first-order valence-corrected chi connectivity index (χ1v) is 11.1. The van der Waals surface area contributed by atoms with Crippen molar-refractivity contribution in [3.8, 4) is 0 Å².